The Labute approximate surface area is 134 Å². The van der Waals surface area contributed by atoms with Crippen LogP contribution in [-0.2, 0) is 10.0 Å². The number of rotatable bonds is 7. The number of hydrogen-bond acceptors (Lipinski definition) is 3. The third-order valence-electron chi connectivity index (χ3n) is 4.14. The molecule has 0 heterocycles. The largest absolute Gasteiger partial charge is 0.493 e. The van der Waals surface area contributed by atoms with Crippen LogP contribution in [0, 0.1) is 6.92 Å². The first-order valence-electron chi connectivity index (χ1n) is 8.28. The Morgan fingerprint density at radius 3 is 2.59 bits per heavy atom. The Hall–Kier alpha value is -1.07. The molecule has 22 heavy (non-hydrogen) atoms. The molecule has 5 heteroatoms. The molecule has 1 aliphatic rings. The summed E-state index contributed by atoms with van der Waals surface area (Å²) in [6.07, 6.45) is 7.39. The van der Waals surface area contributed by atoms with Crippen LogP contribution < -0.4 is 9.46 Å². The van der Waals surface area contributed by atoms with Gasteiger partial charge in [0.2, 0.25) is 10.0 Å². The Kier molecular flexibility index (Phi) is 6.26. The molecule has 1 aliphatic carbocycles. The highest BCUT2D eigenvalue weighted by Gasteiger charge is 2.22. The van der Waals surface area contributed by atoms with Gasteiger partial charge in [-0.1, -0.05) is 32.6 Å². The zero-order valence-corrected chi connectivity index (χ0v) is 14.4. The van der Waals surface area contributed by atoms with E-state index in [1.165, 1.54) is 6.42 Å². The SMILES string of the molecule is CCCCOc1ccc(S(=O)(=O)NC2CCCCC2)cc1C. The van der Waals surface area contributed by atoms with Gasteiger partial charge in [0, 0.05) is 6.04 Å². The van der Waals surface area contributed by atoms with Crippen LogP contribution in [-0.4, -0.2) is 21.1 Å². The van der Waals surface area contributed by atoms with Crippen molar-refractivity contribution in [3.05, 3.63) is 23.8 Å². The Morgan fingerprint density at radius 1 is 1.23 bits per heavy atom. The molecule has 1 aromatic carbocycles. The zero-order chi connectivity index (χ0) is 16.0. The molecule has 0 spiro atoms. The number of aryl methyl sites for hydroxylation is 1. The molecule has 0 amide bonds. The molecule has 2 rings (SSSR count). The van der Waals surface area contributed by atoms with Gasteiger partial charge in [-0.25, -0.2) is 13.1 Å². The molecular formula is C17H27NO3S. The van der Waals surface area contributed by atoms with Gasteiger partial charge >= 0.3 is 0 Å². The van der Waals surface area contributed by atoms with E-state index in [9.17, 15) is 8.42 Å². The van der Waals surface area contributed by atoms with Gasteiger partial charge in [0.05, 0.1) is 11.5 Å². The highest BCUT2D eigenvalue weighted by molar-refractivity contribution is 7.89. The van der Waals surface area contributed by atoms with Crippen molar-refractivity contribution in [3.8, 4) is 5.75 Å². The standard InChI is InChI=1S/C17H27NO3S/c1-3-4-12-21-17-11-10-16(13-14(17)2)22(19,20)18-15-8-6-5-7-9-15/h10-11,13,15,18H,3-9,12H2,1-2H3. The summed E-state index contributed by atoms with van der Waals surface area (Å²) < 4.78 is 33.5. The first kappa shape index (κ1) is 17.3. The monoisotopic (exact) mass is 325 g/mol. The van der Waals surface area contributed by atoms with Gasteiger partial charge in [-0.15, -0.1) is 0 Å². The van der Waals surface area contributed by atoms with Crippen LogP contribution in [0.3, 0.4) is 0 Å². The van der Waals surface area contributed by atoms with Crippen LogP contribution in [0.25, 0.3) is 0 Å². The molecule has 1 fully saturated rings. The Balaban J connectivity index is 2.05. The lowest BCUT2D eigenvalue weighted by Crippen LogP contribution is -2.36. The number of nitrogens with one attached hydrogen (secondary N) is 1. The summed E-state index contributed by atoms with van der Waals surface area (Å²) in [5, 5.41) is 0. The first-order chi connectivity index (χ1) is 10.5. The number of benzene rings is 1. The lowest BCUT2D eigenvalue weighted by atomic mass is 9.96. The summed E-state index contributed by atoms with van der Waals surface area (Å²) in [5.74, 6) is 0.769. The third kappa shape index (κ3) is 4.71. The summed E-state index contributed by atoms with van der Waals surface area (Å²) >= 11 is 0. The molecule has 4 nitrogen and oxygen atoms in total. The average molecular weight is 325 g/mol. The lowest BCUT2D eigenvalue weighted by molar-refractivity contribution is 0.307. The molecule has 0 saturated heterocycles. The topological polar surface area (TPSA) is 55.4 Å². The Morgan fingerprint density at radius 2 is 1.95 bits per heavy atom. The van der Waals surface area contributed by atoms with Crippen LogP contribution in [0.4, 0.5) is 0 Å². The summed E-state index contributed by atoms with van der Waals surface area (Å²) in [6.45, 7) is 4.67. The fourth-order valence-electron chi connectivity index (χ4n) is 2.79. The Bertz CT molecular complexity index is 578. The highest BCUT2D eigenvalue weighted by Crippen LogP contribution is 2.24. The maximum absolute atomic E-state index is 12.5. The minimum atomic E-state index is -3.43. The minimum absolute atomic E-state index is 0.0829. The summed E-state index contributed by atoms with van der Waals surface area (Å²) in [7, 11) is -3.43. The summed E-state index contributed by atoms with van der Waals surface area (Å²) in [5.41, 5.74) is 0.864. The van der Waals surface area contributed by atoms with E-state index in [-0.39, 0.29) is 6.04 Å². The molecule has 0 bridgehead atoms. The van der Waals surface area contributed by atoms with Gasteiger partial charge in [-0.05, 0) is 49.9 Å². The van der Waals surface area contributed by atoms with Crippen LogP contribution in [0.1, 0.15) is 57.4 Å². The zero-order valence-electron chi connectivity index (χ0n) is 13.6. The minimum Gasteiger partial charge on any atom is -0.493 e. The van der Waals surface area contributed by atoms with Gasteiger partial charge in [0.15, 0.2) is 0 Å². The fourth-order valence-corrected chi connectivity index (χ4v) is 4.18. The smallest absolute Gasteiger partial charge is 0.240 e. The van der Waals surface area contributed by atoms with E-state index < -0.39 is 10.0 Å². The van der Waals surface area contributed by atoms with E-state index in [0.717, 1.165) is 49.8 Å². The predicted molar refractivity (Wildman–Crippen MR) is 88.8 cm³/mol. The second-order valence-corrected chi connectivity index (χ2v) is 7.80. The normalized spacial score (nSPS) is 16.6. The molecule has 1 aromatic rings. The van der Waals surface area contributed by atoms with E-state index in [1.807, 2.05) is 6.92 Å². The van der Waals surface area contributed by atoms with Crippen molar-refractivity contribution in [3.63, 3.8) is 0 Å². The molecule has 0 atom stereocenters. The van der Waals surface area contributed by atoms with Crippen molar-refractivity contribution in [1.82, 2.24) is 4.72 Å². The van der Waals surface area contributed by atoms with E-state index in [2.05, 4.69) is 11.6 Å². The maximum Gasteiger partial charge on any atom is 0.240 e. The molecule has 1 N–H and O–H groups in total. The van der Waals surface area contributed by atoms with Gasteiger partial charge in [-0.3, -0.25) is 0 Å². The molecule has 0 unspecified atom stereocenters. The highest BCUT2D eigenvalue weighted by atomic mass is 32.2. The van der Waals surface area contributed by atoms with Gasteiger partial charge in [0.1, 0.15) is 5.75 Å². The molecule has 1 saturated carbocycles. The van der Waals surface area contributed by atoms with Crippen molar-refractivity contribution in [2.75, 3.05) is 6.61 Å². The summed E-state index contributed by atoms with van der Waals surface area (Å²) in [4.78, 5) is 0.332. The predicted octanol–water partition coefficient (Wildman–Crippen LogP) is 3.78. The maximum atomic E-state index is 12.5. The molecule has 124 valence electrons. The number of unbranched alkanes of at least 4 members (excludes halogenated alkanes) is 1. The van der Waals surface area contributed by atoms with E-state index in [0.29, 0.717) is 11.5 Å². The molecular weight excluding hydrogens is 298 g/mol. The van der Waals surface area contributed by atoms with E-state index in [1.54, 1.807) is 18.2 Å². The number of sulfonamides is 1. The second kappa shape index (κ2) is 7.97. The molecule has 0 radical (unpaired) electrons. The molecule has 0 aliphatic heterocycles. The van der Waals surface area contributed by atoms with Crippen molar-refractivity contribution in [2.45, 2.75) is 69.7 Å². The second-order valence-electron chi connectivity index (χ2n) is 6.09. The van der Waals surface area contributed by atoms with Crippen LogP contribution in [0.15, 0.2) is 23.1 Å². The third-order valence-corrected chi connectivity index (χ3v) is 5.66. The van der Waals surface area contributed by atoms with Crippen LogP contribution >= 0.6 is 0 Å². The lowest BCUT2D eigenvalue weighted by Gasteiger charge is -2.22. The first-order valence-corrected chi connectivity index (χ1v) is 9.77. The van der Waals surface area contributed by atoms with Crippen molar-refractivity contribution in [1.29, 1.82) is 0 Å². The van der Waals surface area contributed by atoms with Crippen molar-refractivity contribution < 1.29 is 13.2 Å². The van der Waals surface area contributed by atoms with Crippen molar-refractivity contribution >= 4 is 10.0 Å². The van der Waals surface area contributed by atoms with Gasteiger partial charge in [0.25, 0.3) is 0 Å². The number of ether oxygens (including phenoxy) is 1. The van der Waals surface area contributed by atoms with Crippen LogP contribution in [0.2, 0.25) is 0 Å². The van der Waals surface area contributed by atoms with Gasteiger partial charge in [-0.2, -0.15) is 0 Å². The quantitative estimate of drug-likeness (QED) is 0.776. The van der Waals surface area contributed by atoms with Crippen LogP contribution in [0.5, 0.6) is 5.75 Å². The van der Waals surface area contributed by atoms with E-state index in [4.69, 9.17) is 4.74 Å². The number of hydrogen-bond donors (Lipinski definition) is 1. The van der Waals surface area contributed by atoms with Crippen molar-refractivity contribution in [2.24, 2.45) is 0 Å². The summed E-state index contributed by atoms with van der Waals surface area (Å²) in [6, 6.07) is 5.19. The molecule has 0 aromatic heterocycles. The fraction of sp³-hybridized carbons (Fsp3) is 0.647. The van der Waals surface area contributed by atoms with E-state index >= 15 is 0 Å². The average Bonchev–Trinajstić information content (AvgIpc) is 2.49. The van der Waals surface area contributed by atoms with Gasteiger partial charge < -0.3 is 4.74 Å².